The van der Waals surface area contributed by atoms with Crippen LogP contribution in [0.4, 0.5) is 0 Å². The van der Waals surface area contributed by atoms with E-state index in [9.17, 15) is 4.79 Å². The van der Waals surface area contributed by atoms with E-state index in [0.717, 1.165) is 54.2 Å². The van der Waals surface area contributed by atoms with Crippen molar-refractivity contribution in [3.8, 4) is 0 Å². The Hall–Kier alpha value is -0.590. The first-order valence-corrected chi connectivity index (χ1v) is 10.2. The van der Waals surface area contributed by atoms with Crippen molar-refractivity contribution in [1.29, 1.82) is 0 Å². The monoisotopic (exact) mass is 339 g/mol. The molecule has 0 atom stereocenters. The van der Waals surface area contributed by atoms with Gasteiger partial charge in [-0.1, -0.05) is 6.92 Å². The van der Waals surface area contributed by atoms with Gasteiger partial charge in [-0.2, -0.15) is 11.8 Å². The zero-order valence-corrected chi connectivity index (χ0v) is 15.1. The normalized spacial score (nSPS) is 21.3. The summed E-state index contributed by atoms with van der Waals surface area (Å²) in [6, 6.07) is 0.746. The lowest BCUT2D eigenvalue weighted by molar-refractivity contribution is 0.0563. The molecule has 0 spiro atoms. The Morgan fingerprint density at radius 1 is 1.23 bits per heavy atom. The zero-order chi connectivity index (χ0) is 15.5. The topological polar surface area (TPSA) is 36.4 Å². The highest BCUT2D eigenvalue weighted by atomic mass is 32.2. The predicted octanol–water partition coefficient (Wildman–Crippen LogP) is 2.67. The van der Waals surface area contributed by atoms with Gasteiger partial charge >= 0.3 is 0 Å². The summed E-state index contributed by atoms with van der Waals surface area (Å²) >= 11 is 3.65. The summed E-state index contributed by atoms with van der Waals surface area (Å²) < 4.78 is 0. The van der Waals surface area contributed by atoms with Gasteiger partial charge in [0.15, 0.2) is 0 Å². The van der Waals surface area contributed by atoms with Crippen molar-refractivity contribution in [2.75, 3.05) is 37.7 Å². The molecule has 1 amide bonds. The maximum atomic E-state index is 12.7. The maximum absolute atomic E-state index is 12.7. The number of carbonyl (C=O) groups excluding carboxylic acids is 1. The highest BCUT2D eigenvalue weighted by Crippen LogP contribution is 2.24. The number of thioether (sulfide) groups is 1. The number of piperazine rings is 1. The van der Waals surface area contributed by atoms with Crippen LogP contribution in [0.15, 0.2) is 0 Å². The molecule has 0 bridgehead atoms. The molecule has 3 heterocycles. The number of aromatic nitrogens is 1. The van der Waals surface area contributed by atoms with Crippen LogP contribution in [-0.4, -0.2) is 64.4 Å². The minimum Gasteiger partial charge on any atom is -0.335 e. The molecule has 3 rings (SSSR count). The van der Waals surface area contributed by atoms with E-state index in [2.05, 4.69) is 28.6 Å². The van der Waals surface area contributed by atoms with Gasteiger partial charge in [-0.25, -0.2) is 4.98 Å². The molecular formula is C16H25N3OS2. The van der Waals surface area contributed by atoms with Crippen LogP contribution in [0.2, 0.25) is 0 Å². The molecular weight excluding hydrogens is 314 g/mol. The van der Waals surface area contributed by atoms with Crippen molar-refractivity contribution in [3.05, 3.63) is 15.6 Å². The maximum Gasteiger partial charge on any atom is 0.265 e. The van der Waals surface area contributed by atoms with Crippen molar-refractivity contribution in [3.63, 3.8) is 0 Å². The van der Waals surface area contributed by atoms with E-state index in [-0.39, 0.29) is 5.91 Å². The molecule has 6 heteroatoms. The van der Waals surface area contributed by atoms with Crippen molar-refractivity contribution < 1.29 is 4.79 Å². The molecule has 0 saturated carbocycles. The second kappa shape index (κ2) is 7.32. The lowest BCUT2D eigenvalue weighted by atomic mass is 10.1. The van der Waals surface area contributed by atoms with E-state index in [1.165, 1.54) is 24.3 Å². The van der Waals surface area contributed by atoms with Crippen molar-refractivity contribution >= 4 is 29.0 Å². The number of carbonyl (C=O) groups is 1. The van der Waals surface area contributed by atoms with Gasteiger partial charge in [0.25, 0.3) is 5.91 Å². The first-order chi connectivity index (χ1) is 10.7. The van der Waals surface area contributed by atoms with Gasteiger partial charge in [-0.3, -0.25) is 9.69 Å². The molecule has 122 valence electrons. The van der Waals surface area contributed by atoms with Crippen LogP contribution in [0.25, 0.3) is 0 Å². The highest BCUT2D eigenvalue weighted by molar-refractivity contribution is 7.99. The SMILES string of the molecule is CCc1nc(C)c(C(=O)N2CCN(C3CCSCC3)CC2)s1. The number of nitrogens with zero attached hydrogens (tertiary/aromatic N) is 3. The van der Waals surface area contributed by atoms with Crippen LogP contribution in [0.1, 0.15) is 40.1 Å². The van der Waals surface area contributed by atoms with Gasteiger partial charge in [0.2, 0.25) is 0 Å². The molecule has 2 aliphatic rings. The minimum atomic E-state index is 0.188. The van der Waals surface area contributed by atoms with Gasteiger partial charge in [-0.05, 0) is 37.7 Å². The molecule has 0 radical (unpaired) electrons. The number of rotatable bonds is 3. The van der Waals surface area contributed by atoms with Gasteiger partial charge < -0.3 is 4.90 Å². The minimum absolute atomic E-state index is 0.188. The predicted molar refractivity (Wildman–Crippen MR) is 94.1 cm³/mol. The first-order valence-electron chi connectivity index (χ1n) is 8.26. The van der Waals surface area contributed by atoms with Crippen molar-refractivity contribution in [2.45, 2.75) is 39.2 Å². The quantitative estimate of drug-likeness (QED) is 0.848. The molecule has 2 fully saturated rings. The Kier molecular flexibility index (Phi) is 5.42. The van der Waals surface area contributed by atoms with Crippen LogP contribution in [0.5, 0.6) is 0 Å². The number of thiazole rings is 1. The first kappa shape index (κ1) is 16.3. The third-order valence-corrected chi connectivity index (χ3v) is 6.98. The van der Waals surface area contributed by atoms with E-state index in [0.29, 0.717) is 0 Å². The number of aryl methyl sites for hydroxylation is 2. The molecule has 0 N–H and O–H groups in total. The fraction of sp³-hybridized carbons (Fsp3) is 0.750. The number of hydrogen-bond donors (Lipinski definition) is 0. The lowest BCUT2D eigenvalue weighted by Gasteiger charge is -2.40. The average molecular weight is 340 g/mol. The van der Waals surface area contributed by atoms with Crippen LogP contribution in [-0.2, 0) is 6.42 Å². The Morgan fingerprint density at radius 2 is 1.91 bits per heavy atom. The van der Waals surface area contributed by atoms with Gasteiger partial charge in [-0.15, -0.1) is 11.3 Å². The Labute approximate surface area is 141 Å². The molecule has 0 aromatic carbocycles. The molecule has 1 aromatic heterocycles. The molecule has 0 aliphatic carbocycles. The molecule has 4 nitrogen and oxygen atoms in total. The largest absolute Gasteiger partial charge is 0.335 e. The second-order valence-electron chi connectivity index (χ2n) is 6.05. The van der Waals surface area contributed by atoms with Crippen molar-refractivity contribution in [1.82, 2.24) is 14.8 Å². The van der Waals surface area contributed by atoms with E-state index in [1.807, 2.05) is 11.8 Å². The van der Waals surface area contributed by atoms with E-state index >= 15 is 0 Å². The summed E-state index contributed by atoms with van der Waals surface area (Å²) in [6.45, 7) is 7.83. The number of amides is 1. The zero-order valence-electron chi connectivity index (χ0n) is 13.5. The summed E-state index contributed by atoms with van der Waals surface area (Å²) in [6.07, 6.45) is 3.53. The standard InChI is InChI=1S/C16H25N3OS2/c1-3-14-17-12(2)15(22-14)16(20)19-8-6-18(7-9-19)13-4-10-21-11-5-13/h13H,3-11H2,1-2H3. The third-order valence-electron chi connectivity index (χ3n) is 4.65. The Bertz CT molecular complexity index is 517. The fourth-order valence-electron chi connectivity index (χ4n) is 3.29. The van der Waals surface area contributed by atoms with Crippen LogP contribution >= 0.6 is 23.1 Å². The molecule has 0 unspecified atom stereocenters. The van der Waals surface area contributed by atoms with Crippen LogP contribution < -0.4 is 0 Å². The van der Waals surface area contributed by atoms with Gasteiger partial charge in [0.05, 0.1) is 10.7 Å². The smallest absolute Gasteiger partial charge is 0.265 e. The Morgan fingerprint density at radius 3 is 2.50 bits per heavy atom. The third kappa shape index (κ3) is 3.49. The summed E-state index contributed by atoms with van der Waals surface area (Å²) in [5.41, 5.74) is 0.901. The Balaban J connectivity index is 1.58. The molecule has 22 heavy (non-hydrogen) atoms. The highest BCUT2D eigenvalue weighted by Gasteiger charge is 2.29. The summed E-state index contributed by atoms with van der Waals surface area (Å²) in [7, 11) is 0. The van der Waals surface area contributed by atoms with Crippen LogP contribution in [0.3, 0.4) is 0 Å². The number of hydrogen-bond acceptors (Lipinski definition) is 5. The molecule has 1 aromatic rings. The second-order valence-corrected chi connectivity index (χ2v) is 8.36. The lowest BCUT2D eigenvalue weighted by Crippen LogP contribution is -2.52. The van der Waals surface area contributed by atoms with E-state index in [1.54, 1.807) is 11.3 Å². The van der Waals surface area contributed by atoms with E-state index in [4.69, 9.17) is 0 Å². The summed E-state index contributed by atoms with van der Waals surface area (Å²) in [5, 5.41) is 1.07. The van der Waals surface area contributed by atoms with Gasteiger partial charge in [0, 0.05) is 32.2 Å². The van der Waals surface area contributed by atoms with Crippen molar-refractivity contribution in [2.24, 2.45) is 0 Å². The van der Waals surface area contributed by atoms with E-state index < -0.39 is 0 Å². The fourth-order valence-corrected chi connectivity index (χ4v) is 5.34. The average Bonchev–Trinajstić information content (AvgIpc) is 2.96. The molecule has 2 saturated heterocycles. The summed E-state index contributed by atoms with van der Waals surface area (Å²) in [5.74, 6) is 2.78. The molecule has 2 aliphatic heterocycles. The van der Waals surface area contributed by atoms with Gasteiger partial charge in [0.1, 0.15) is 4.88 Å². The summed E-state index contributed by atoms with van der Waals surface area (Å²) in [4.78, 5) is 22.7. The van der Waals surface area contributed by atoms with Crippen LogP contribution in [0, 0.1) is 6.92 Å².